The summed E-state index contributed by atoms with van der Waals surface area (Å²) < 4.78 is 1.83. The molecule has 1 aliphatic rings. The molecule has 3 aromatic rings. The molecule has 0 aliphatic carbocycles. The van der Waals surface area contributed by atoms with Crippen LogP contribution in [0.1, 0.15) is 27.1 Å². The van der Waals surface area contributed by atoms with Gasteiger partial charge in [0.1, 0.15) is 11.7 Å². The van der Waals surface area contributed by atoms with E-state index < -0.39 is 6.04 Å². The van der Waals surface area contributed by atoms with Crippen molar-refractivity contribution in [3.63, 3.8) is 0 Å². The van der Waals surface area contributed by atoms with Crippen molar-refractivity contribution in [2.45, 2.75) is 19.0 Å². The van der Waals surface area contributed by atoms with Gasteiger partial charge in [-0.05, 0) is 17.9 Å². The van der Waals surface area contributed by atoms with E-state index in [-0.39, 0.29) is 24.1 Å². The van der Waals surface area contributed by atoms with Gasteiger partial charge in [-0.15, -0.1) is 11.3 Å². The van der Waals surface area contributed by atoms with E-state index in [0.29, 0.717) is 13.1 Å². The molecule has 3 aromatic heterocycles. The highest BCUT2D eigenvalue weighted by atomic mass is 32.1. The first-order valence-electron chi connectivity index (χ1n) is 8.58. The predicted molar refractivity (Wildman–Crippen MR) is 99.1 cm³/mol. The summed E-state index contributed by atoms with van der Waals surface area (Å²) in [6, 6.07) is 3.53. The topological polar surface area (TPSA) is 93.0 Å². The molecule has 1 N–H and O–H groups in total. The van der Waals surface area contributed by atoms with Crippen LogP contribution < -0.4 is 5.32 Å². The van der Waals surface area contributed by atoms with Gasteiger partial charge in [0.05, 0.1) is 31.3 Å². The zero-order valence-corrected chi connectivity index (χ0v) is 15.3. The van der Waals surface area contributed by atoms with E-state index in [9.17, 15) is 9.59 Å². The summed E-state index contributed by atoms with van der Waals surface area (Å²) in [5.74, 6) is -0.366. The Morgan fingerprint density at radius 3 is 2.96 bits per heavy atom. The third kappa shape index (κ3) is 3.72. The second-order valence-electron chi connectivity index (χ2n) is 6.20. The molecule has 4 rings (SSSR count). The minimum absolute atomic E-state index is 0.123. The molecule has 0 bridgehead atoms. The maximum Gasteiger partial charge on any atom is 0.274 e. The van der Waals surface area contributed by atoms with Gasteiger partial charge in [0.15, 0.2) is 0 Å². The highest BCUT2D eigenvalue weighted by Crippen LogP contribution is 2.22. The fourth-order valence-corrected chi connectivity index (χ4v) is 3.82. The minimum Gasteiger partial charge on any atom is -0.354 e. The molecule has 0 saturated heterocycles. The van der Waals surface area contributed by atoms with Crippen LogP contribution in [0.15, 0.2) is 48.6 Å². The number of carbonyl (C=O) groups excluding carboxylic acids is 2. The smallest absolute Gasteiger partial charge is 0.274 e. The maximum absolute atomic E-state index is 12.8. The van der Waals surface area contributed by atoms with E-state index >= 15 is 0 Å². The average molecular weight is 382 g/mol. The molecule has 1 atom stereocenters. The fourth-order valence-electron chi connectivity index (χ4n) is 3.11. The standard InChI is InChI=1S/C18H18N6O2S/c25-17(22-4-3-14-2-1-7-27-14)16-11-23(10-13-8-20-12-24(13)16)18(26)15-9-19-5-6-21-15/h1-2,5-9,12,16H,3-4,10-11H2,(H,22,25)/t16-/m0/s1. The van der Waals surface area contributed by atoms with Gasteiger partial charge in [0.25, 0.3) is 5.91 Å². The van der Waals surface area contributed by atoms with Crippen LogP contribution in [0.2, 0.25) is 0 Å². The zero-order valence-electron chi connectivity index (χ0n) is 14.5. The third-order valence-corrected chi connectivity index (χ3v) is 5.39. The summed E-state index contributed by atoms with van der Waals surface area (Å²) in [7, 11) is 0. The number of imidazole rings is 1. The van der Waals surface area contributed by atoms with Crippen LogP contribution in [0.3, 0.4) is 0 Å². The van der Waals surface area contributed by atoms with Crippen LogP contribution in [0.25, 0.3) is 0 Å². The Morgan fingerprint density at radius 2 is 2.19 bits per heavy atom. The molecule has 9 heteroatoms. The maximum atomic E-state index is 12.8. The molecule has 4 heterocycles. The van der Waals surface area contributed by atoms with Gasteiger partial charge >= 0.3 is 0 Å². The Hall–Kier alpha value is -3.07. The average Bonchev–Trinajstić information content (AvgIpc) is 3.39. The third-order valence-electron chi connectivity index (χ3n) is 4.45. The Balaban J connectivity index is 1.46. The van der Waals surface area contributed by atoms with Crippen LogP contribution in [0.4, 0.5) is 0 Å². The molecule has 0 fully saturated rings. The normalized spacial score (nSPS) is 16.0. The minimum atomic E-state index is -0.514. The molecule has 0 spiro atoms. The van der Waals surface area contributed by atoms with Crippen LogP contribution in [0, 0.1) is 0 Å². The largest absolute Gasteiger partial charge is 0.354 e. The number of rotatable bonds is 5. The number of hydrogen-bond acceptors (Lipinski definition) is 6. The number of aromatic nitrogens is 4. The first-order valence-corrected chi connectivity index (χ1v) is 9.46. The summed E-state index contributed by atoms with van der Waals surface area (Å²) in [4.78, 5) is 40.5. The SMILES string of the molecule is O=C(NCCc1cccs1)[C@@H]1CN(C(=O)c2cnccn2)Cc2cncn21. The summed E-state index contributed by atoms with van der Waals surface area (Å²) >= 11 is 1.67. The van der Waals surface area contributed by atoms with E-state index in [1.54, 1.807) is 28.8 Å². The fraction of sp³-hybridized carbons (Fsp3) is 0.278. The number of carbonyl (C=O) groups is 2. The van der Waals surface area contributed by atoms with Crippen molar-refractivity contribution in [3.8, 4) is 0 Å². The molecule has 27 heavy (non-hydrogen) atoms. The van der Waals surface area contributed by atoms with E-state index in [0.717, 1.165) is 12.1 Å². The second-order valence-corrected chi connectivity index (χ2v) is 7.24. The van der Waals surface area contributed by atoms with Gasteiger partial charge < -0.3 is 14.8 Å². The van der Waals surface area contributed by atoms with Crippen molar-refractivity contribution in [2.24, 2.45) is 0 Å². The van der Waals surface area contributed by atoms with Gasteiger partial charge in [-0.3, -0.25) is 14.6 Å². The second kappa shape index (κ2) is 7.67. The number of hydrogen-bond donors (Lipinski definition) is 1. The van der Waals surface area contributed by atoms with Gasteiger partial charge in [0.2, 0.25) is 5.91 Å². The molecule has 0 saturated carbocycles. The summed E-state index contributed by atoms with van der Waals surface area (Å²) in [6.07, 6.45) is 8.55. The summed E-state index contributed by atoms with van der Waals surface area (Å²) in [5.41, 5.74) is 1.08. The lowest BCUT2D eigenvalue weighted by molar-refractivity contribution is -0.125. The number of amides is 2. The van der Waals surface area contributed by atoms with Crippen molar-refractivity contribution < 1.29 is 9.59 Å². The zero-order chi connectivity index (χ0) is 18.6. The molecule has 0 unspecified atom stereocenters. The number of thiophene rings is 1. The summed E-state index contributed by atoms with van der Waals surface area (Å²) in [6.45, 7) is 1.20. The quantitative estimate of drug-likeness (QED) is 0.718. The van der Waals surface area contributed by atoms with Crippen LogP contribution in [-0.4, -0.2) is 49.3 Å². The van der Waals surface area contributed by atoms with Gasteiger partial charge in [-0.1, -0.05) is 6.07 Å². The summed E-state index contributed by atoms with van der Waals surface area (Å²) in [5, 5.41) is 4.99. The van der Waals surface area contributed by atoms with Crippen LogP contribution >= 0.6 is 11.3 Å². The lowest BCUT2D eigenvalue weighted by Gasteiger charge is -2.33. The molecule has 0 radical (unpaired) electrons. The van der Waals surface area contributed by atoms with E-state index in [1.165, 1.54) is 23.5 Å². The van der Waals surface area contributed by atoms with Crippen molar-refractivity contribution in [3.05, 3.63) is 64.9 Å². The van der Waals surface area contributed by atoms with E-state index in [4.69, 9.17) is 0 Å². The lowest BCUT2D eigenvalue weighted by Crippen LogP contribution is -2.47. The Morgan fingerprint density at radius 1 is 1.26 bits per heavy atom. The molecular formula is C18H18N6O2S. The van der Waals surface area contributed by atoms with Crippen molar-refractivity contribution in [2.75, 3.05) is 13.1 Å². The van der Waals surface area contributed by atoms with Crippen molar-refractivity contribution >= 4 is 23.2 Å². The molecule has 1 aliphatic heterocycles. The monoisotopic (exact) mass is 382 g/mol. The first-order chi connectivity index (χ1) is 13.2. The Labute approximate surface area is 159 Å². The molecule has 2 amide bonds. The molecule has 8 nitrogen and oxygen atoms in total. The van der Waals surface area contributed by atoms with Gasteiger partial charge in [-0.25, -0.2) is 9.97 Å². The van der Waals surface area contributed by atoms with Crippen molar-refractivity contribution in [1.82, 2.24) is 29.7 Å². The van der Waals surface area contributed by atoms with Crippen molar-refractivity contribution in [1.29, 1.82) is 0 Å². The van der Waals surface area contributed by atoms with Gasteiger partial charge in [-0.2, -0.15) is 0 Å². The highest BCUT2D eigenvalue weighted by molar-refractivity contribution is 7.09. The van der Waals surface area contributed by atoms with E-state index in [2.05, 4.69) is 20.3 Å². The van der Waals surface area contributed by atoms with E-state index in [1.807, 2.05) is 22.1 Å². The Kier molecular flexibility index (Phi) is 4.93. The molecule has 138 valence electrons. The number of nitrogens with zero attached hydrogens (tertiary/aromatic N) is 5. The number of nitrogens with one attached hydrogen (secondary N) is 1. The van der Waals surface area contributed by atoms with Gasteiger partial charge in [0, 0.05) is 30.0 Å². The highest BCUT2D eigenvalue weighted by Gasteiger charge is 2.33. The molecule has 0 aromatic carbocycles. The Bertz CT molecular complexity index is 925. The number of fused-ring (bicyclic) bond motifs is 1. The van der Waals surface area contributed by atoms with Crippen LogP contribution in [-0.2, 0) is 17.8 Å². The molecular weight excluding hydrogens is 364 g/mol. The van der Waals surface area contributed by atoms with Crippen LogP contribution in [0.5, 0.6) is 0 Å². The first kappa shape index (κ1) is 17.3. The predicted octanol–water partition coefficient (Wildman–Crippen LogP) is 1.29. The lowest BCUT2D eigenvalue weighted by atomic mass is 10.1.